The quantitative estimate of drug-likeness (QED) is 0.672. The van der Waals surface area contributed by atoms with Crippen molar-refractivity contribution >= 4 is 5.82 Å². The smallest absolute Gasteiger partial charge is 0.212 e. The summed E-state index contributed by atoms with van der Waals surface area (Å²) >= 11 is 0. The maximum atomic E-state index is 12.8. The summed E-state index contributed by atoms with van der Waals surface area (Å²) in [5, 5.41) is 0. The fourth-order valence-electron chi connectivity index (χ4n) is 2.13. The molecule has 0 saturated heterocycles. The van der Waals surface area contributed by atoms with Crippen LogP contribution in [0, 0.1) is 5.95 Å². The first-order valence-corrected chi connectivity index (χ1v) is 7.08. The summed E-state index contributed by atoms with van der Waals surface area (Å²) in [6.45, 7) is 0.566. The van der Waals surface area contributed by atoms with Crippen LogP contribution in [0.25, 0.3) is 0 Å². The van der Waals surface area contributed by atoms with Gasteiger partial charge in [-0.05, 0) is 11.6 Å². The van der Waals surface area contributed by atoms with Crippen molar-refractivity contribution in [3.05, 3.63) is 72.2 Å². The van der Waals surface area contributed by atoms with Crippen LogP contribution in [0.15, 0.2) is 49.3 Å². The van der Waals surface area contributed by atoms with Crippen molar-refractivity contribution in [1.29, 1.82) is 0 Å². The number of hydrogen-bond donors (Lipinski definition) is 0. The molecule has 3 rings (SSSR count). The van der Waals surface area contributed by atoms with Crippen molar-refractivity contribution in [1.82, 2.24) is 24.9 Å². The molecule has 0 fully saturated rings. The third-order valence-corrected chi connectivity index (χ3v) is 3.25. The predicted octanol–water partition coefficient (Wildman–Crippen LogP) is 2.03. The number of halogens is 1. The lowest BCUT2D eigenvalue weighted by molar-refractivity contribution is 0.582. The normalized spacial score (nSPS) is 10.5. The van der Waals surface area contributed by atoms with Crippen LogP contribution in [-0.4, -0.2) is 32.0 Å². The van der Waals surface area contributed by atoms with Crippen molar-refractivity contribution < 1.29 is 4.39 Å². The first-order chi connectivity index (χ1) is 11.2. The molecule has 0 aliphatic heterocycles. The molecule has 0 N–H and O–H groups in total. The number of nitrogens with zero attached hydrogens (tertiary/aromatic N) is 6. The zero-order valence-corrected chi connectivity index (χ0v) is 12.6. The Labute approximate surface area is 133 Å². The lowest BCUT2D eigenvalue weighted by Gasteiger charge is -2.18. The Hall–Kier alpha value is -2.96. The molecule has 0 unspecified atom stereocenters. The third-order valence-electron chi connectivity index (χ3n) is 3.25. The van der Waals surface area contributed by atoms with Crippen molar-refractivity contribution in [2.75, 3.05) is 11.9 Å². The predicted molar refractivity (Wildman–Crippen MR) is 83.2 cm³/mol. The summed E-state index contributed by atoms with van der Waals surface area (Å²) in [4.78, 5) is 22.7. The van der Waals surface area contributed by atoms with Crippen LogP contribution in [-0.2, 0) is 13.0 Å². The summed E-state index contributed by atoms with van der Waals surface area (Å²) in [5.74, 6) is 0.248. The molecule has 3 aromatic rings. The summed E-state index contributed by atoms with van der Waals surface area (Å²) in [7, 11) is 1.90. The fourth-order valence-corrected chi connectivity index (χ4v) is 2.13. The van der Waals surface area contributed by atoms with Crippen LogP contribution in [0.2, 0.25) is 0 Å². The standard InChI is InChI=1S/C16H15FN6/c1-23(11-12-2-3-15(17)21-7-12)16-10-19-9-14(22-16)6-13-8-18-4-5-20-13/h2-5,7-10H,6,11H2,1H3. The van der Waals surface area contributed by atoms with E-state index in [-0.39, 0.29) is 0 Å². The first-order valence-electron chi connectivity index (χ1n) is 7.08. The van der Waals surface area contributed by atoms with Gasteiger partial charge in [0.15, 0.2) is 0 Å². The second-order valence-corrected chi connectivity index (χ2v) is 5.09. The Bertz CT molecular complexity index is 763. The number of pyridine rings is 1. The second-order valence-electron chi connectivity index (χ2n) is 5.09. The van der Waals surface area contributed by atoms with Gasteiger partial charge in [0.25, 0.3) is 0 Å². The molecule has 0 aromatic carbocycles. The molecule has 3 heterocycles. The maximum absolute atomic E-state index is 12.8. The van der Waals surface area contributed by atoms with E-state index < -0.39 is 5.95 Å². The van der Waals surface area contributed by atoms with E-state index >= 15 is 0 Å². The lowest BCUT2D eigenvalue weighted by Crippen LogP contribution is -2.18. The van der Waals surface area contributed by atoms with Gasteiger partial charge in [-0.25, -0.2) is 9.97 Å². The SMILES string of the molecule is CN(Cc1ccc(F)nc1)c1cncc(Cc2cnccn2)n1. The summed E-state index contributed by atoms with van der Waals surface area (Å²) in [6.07, 6.45) is 10.5. The van der Waals surface area contributed by atoms with Gasteiger partial charge in [-0.2, -0.15) is 4.39 Å². The van der Waals surface area contributed by atoms with E-state index in [4.69, 9.17) is 0 Å². The van der Waals surface area contributed by atoms with E-state index in [1.165, 1.54) is 12.3 Å². The summed E-state index contributed by atoms with van der Waals surface area (Å²) < 4.78 is 12.8. The van der Waals surface area contributed by atoms with Gasteiger partial charge in [-0.3, -0.25) is 15.0 Å². The third kappa shape index (κ3) is 4.03. The molecule has 7 heteroatoms. The molecule has 0 saturated carbocycles. The van der Waals surface area contributed by atoms with Crippen LogP contribution in [0.1, 0.15) is 17.0 Å². The highest BCUT2D eigenvalue weighted by atomic mass is 19.1. The summed E-state index contributed by atoms with van der Waals surface area (Å²) in [5.41, 5.74) is 2.55. The van der Waals surface area contributed by atoms with Crippen LogP contribution < -0.4 is 4.90 Å². The molecule has 6 nitrogen and oxygen atoms in total. The molecule has 0 bridgehead atoms. The van der Waals surface area contributed by atoms with Crippen molar-refractivity contribution in [2.24, 2.45) is 0 Å². The van der Waals surface area contributed by atoms with Gasteiger partial charge in [0.1, 0.15) is 5.82 Å². The molecule has 0 spiro atoms. The van der Waals surface area contributed by atoms with Gasteiger partial charge in [0, 0.05) is 51.0 Å². The molecule has 0 radical (unpaired) electrons. The molecule has 23 heavy (non-hydrogen) atoms. The second kappa shape index (κ2) is 6.87. The maximum Gasteiger partial charge on any atom is 0.212 e. The molecular formula is C16H15FN6. The van der Waals surface area contributed by atoms with Crippen molar-refractivity contribution in [2.45, 2.75) is 13.0 Å². The number of hydrogen-bond acceptors (Lipinski definition) is 6. The minimum absolute atomic E-state index is 0.484. The highest BCUT2D eigenvalue weighted by Gasteiger charge is 2.07. The van der Waals surface area contributed by atoms with Crippen LogP contribution in [0.4, 0.5) is 10.2 Å². The molecule has 116 valence electrons. The number of aromatic nitrogens is 5. The molecule has 0 aliphatic rings. The van der Waals surface area contributed by atoms with Gasteiger partial charge < -0.3 is 4.90 Å². The molecule has 0 atom stereocenters. The van der Waals surface area contributed by atoms with E-state index in [9.17, 15) is 4.39 Å². The monoisotopic (exact) mass is 310 g/mol. The summed E-state index contributed by atoms with van der Waals surface area (Å²) in [6, 6.07) is 3.05. The zero-order valence-electron chi connectivity index (χ0n) is 12.6. The van der Waals surface area contributed by atoms with Gasteiger partial charge in [0.2, 0.25) is 5.95 Å². The Kier molecular flexibility index (Phi) is 4.46. The molecule has 0 aliphatic carbocycles. The number of anilines is 1. The first kappa shape index (κ1) is 15.0. The van der Waals surface area contributed by atoms with Crippen molar-refractivity contribution in [3.8, 4) is 0 Å². The van der Waals surface area contributed by atoms with Gasteiger partial charge in [0.05, 0.1) is 17.6 Å². The molecular weight excluding hydrogens is 295 g/mol. The van der Waals surface area contributed by atoms with Gasteiger partial charge in [-0.15, -0.1) is 0 Å². The van der Waals surface area contributed by atoms with Gasteiger partial charge in [-0.1, -0.05) is 6.07 Å². The average molecular weight is 310 g/mol. The topological polar surface area (TPSA) is 67.7 Å². The van der Waals surface area contributed by atoms with Gasteiger partial charge >= 0.3 is 0 Å². The zero-order chi connectivity index (χ0) is 16.1. The van der Waals surface area contributed by atoms with E-state index in [2.05, 4.69) is 24.9 Å². The minimum Gasteiger partial charge on any atom is -0.354 e. The van der Waals surface area contributed by atoms with E-state index in [0.29, 0.717) is 13.0 Å². The molecule has 3 aromatic heterocycles. The molecule has 0 amide bonds. The van der Waals surface area contributed by atoms with E-state index in [1.54, 1.807) is 37.1 Å². The highest BCUT2D eigenvalue weighted by molar-refractivity contribution is 5.36. The van der Waals surface area contributed by atoms with Crippen LogP contribution >= 0.6 is 0 Å². The average Bonchev–Trinajstić information content (AvgIpc) is 2.58. The Balaban J connectivity index is 1.72. The fraction of sp³-hybridized carbons (Fsp3) is 0.188. The van der Waals surface area contributed by atoms with E-state index in [0.717, 1.165) is 22.8 Å². The van der Waals surface area contributed by atoms with Crippen LogP contribution in [0.5, 0.6) is 0 Å². The number of rotatable bonds is 5. The lowest BCUT2D eigenvalue weighted by atomic mass is 10.2. The highest BCUT2D eigenvalue weighted by Crippen LogP contribution is 2.13. The van der Waals surface area contributed by atoms with Crippen LogP contribution in [0.3, 0.4) is 0 Å². The Morgan fingerprint density at radius 1 is 0.957 bits per heavy atom. The van der Waals surface area contributed by atoms with E-state index in [1.807, 2.05) is 11.9 Å². The Morgan fingerprint density at radius 2 is 1.83 bits per heavy atom. The largest absolute Gasteiger partial charge is 0.354 e. The minimum atomic E-state index is -0.484. The Morgan fingerprint density at radius 3 is 2.57 bits per heavy atom. The van der Waals surface area contributed by atoms with Crippen molar-refractivity contribution in [3.63, 3.8) is 0 Å².